The van der Waals surface area contributed by atoms with Gasteiger partial charge in [-0.05, 0) is 37.6 Å². The van der Waals surface area contributed by atoms with Crippen LogP contribution in [0.1, 0.15) is 31.2 Å². The summed E-state index contributed by atoms with van der Waals surface area (Å²) in [6.07, 6.45) is 8.82. The van der Waals surface area contributed by atoms with Gasteiger partial charge in [-0.25, -0.2) is 0 Å². The summed E-state index contributed by atoms with van der Waals surface area (Å²) in [5, 5.41) is 0. The molecule has 0 aromatic heterocycles. The molecule has 3 heteroatoms. The second-order valence-corrected chi connectivity index (χ2v) is 3.90. The Morgan fingerprint density at radius 2 is 1.44 bits per heavy atom. The van der Waals surface area contributed by atoms with Gasteiger partial charge in [0.05, 0.1) is 0 Å². The molecule has 0 fully saturated rings. The maximum absolute atomic E-state index is 9.89. The molecular weight excluding hydrogens is 224 g/mol. The summed E-state index contributed by atoms with van der Waals surface area (Å²) < 4.78 is 0. The Morgan fingerprint density at radius 1 is 0.889 bits per heavy atom. The van der Waals surface area contributed by atoms with E-state index in [0.717, 1.165) is 37.8 Å². The molecule has 0 heterocycles. The van der Waals surface area contributed by atoms with Gasteiger partial charge in [0.25, 0.3) is 0 Å². The molecule has 0 aliphatic rings. The lowest BCUT2D eigenvalue weighted by Gasteiger charge is -1.94. The lowest BCUT2D eigenvalue weighted by atomic mass is 10.2. The largest absolute Gasteiger partial charge is 0.330 e. The maximum atomic E-state index is 9.89. The van der Waals surface area contributed by atoms with Crippen molar-refractivity contribution in [2.45, 2.75) is 25.7 Å². The molecule has 0 saturated heterocycles. The second kappa shape index (κ2) is 13.6. The molecule has 1 aromatic rings. The van der Waals surface area contributed by atoms with Crippen molar-refractivity contribution < 1.29 is 4.79 Å². The smallest absolute Gasteiger partial charge is 0.142 e. The van der Waals surface area contributed by atoms with E-state index in [2.05, 4.69) is 0 Å². The number of aldehydes is 1. The minimum Gasteiger partial charge on any atom is -0.330 e. The molecule has 0 spiro atoms. The average molecular weight is 248 g/mol. The molecule has 0 aliphatic heterocycles. The molecule has 1 aromatic carbocycles. The van der Waals surface area contributed by atoms with E-state index in [1.54, 1.807) is 6.08 Å². The molecule has 18 heavy (non-hydrogen) atoms. The van der Waals surface area contributed by atoms with Crippen molar-refractivity contribution in [2.75, 3.05) is 13.1 Å². The summed E-state index contributed by atoms with van der Waals surface area (Å²) >= 11 is 0. The van der Waals surface area contributed by atoms with Crippen LogP contribution >= 0.6 is 0 Å². The van der Waals surface area contributed by atoms with Crippen LogP contribution in [-0.4, -0.2) is 19.4 Å². The number of hydrogen-bond acceptors (Lipinski definition) is 3. The Hall–Kier alpha value is -1.45. The van der Waals surface area contributed by atoms with Gasteiger partial charge in [0.1, 0.15) is 6.29 Å². The Labute approximate surface area is 110 Å². The third-order valence-corrected chi connectivity index (χ3v) is 2.33. The minimum atomic E-state index is 0.771. The van der Waals surface area contributed by atoms with Gasteiger partial charge in [-0.2, -0.15) is 0 Å². The standard InChI is InChI=1S/C9H8O.C6H16N2/c10-8-4-7-9-5-2-1-3-6-9;7-5-3-1-2-4-6-8/h1-8H;1-8H2. The van der Waals surface area contributed by atoms with E-state index in [4.69, 9.17) is 11.5 Å². The predicted octanol–water partition coefficient (Wildman–Crippen LogP) is 2.36. The molecule has 0 saturated carbocycles. The van der Waals surface area contributed by atoms with Crippen molar-refractivity contribution in [2.24, 2.45) is 11.5 Å². The van der Waals surface area contributed by atoms with Crippen molar-refractivity contribution in [1.82, 2.24) is 0 Å². The van der Waals surface area contributed by atoms with Crippen LogP contribution in [0.2, 0.25) is 0 Å². The minimum absolute atomic E-state index is 0.771. The van der Waals surface area contributed by atoms with E-state index in [-0.39, 0.29) is 0 Å². The van der Waals surface area contributed by atoms with E-state index in [1.165, 1.54) is 18.9 Å². The molecule has 0 atom stereocenters. The highest BCUT2D eigenvalue weighted by Crippen LogP contribution is 1.99. The van der Waals surface area contributed by atoms with Gasteiger partial charge < -0.3 is 11.5 Å². The highest BCUT2D eigenvalue weighted by molar-refractivity contribution is 5.73. The van der Waals surface area contributed by atoms with E-state index < -0.39 is 0 Å². The average Bonchev–Trinajstić information content (AvgIpc) is 2.43. The predicted molar refractivity (Wildman–Crippen MR) is 78.1 cm³/mol. The van der Waals surface area contributed by atoms with E-state index in [9.17, 15) is 4.79 Å². The number of unbranched alkanes of at least 4 members (excludes halogenated alkanes) is 3. The fourth-order valence-corrected chi connectivity index (χ4v) is 1.36. The Balaban J connectivity index is 0.000000331. The third kappa shape index (κ3) is 11.0. The summed E-state index contributed by atoms with van der Waals surface area (Å²) in [6, 6.07) is 9.70. The monoisotopic (exact) mass is 248 g/mol. The van der Waals surface area contributed by atoms with Crippen molar-refractivity contribution in [1.29, 1.82) is 0 Å². The van der Waals surface area contributed by atoms with Gasteiger partial charge in [-0.1, -0.05) is 49.2 Å². The number of hydrogen-bond donors (Lipinski definition) is 2. The first-order valence-electron chi connectivity index (χ1n) is 6.42. The quantitative estimate of drug-likeness (QED) is 0.442. The molecule has 1 rings (SSSR count). The number of allylic oxidation sites excluding steroid dienone is 1. The zero-order chi connectivity index (χ0) is 13.5. The highest BCUT2D eigenvalue weighted by atomic mass is 16.1. The molecule has 100 valence electrons. The molecule has 0 bridgehead atoms. The number of benzene rings is 1. The van der Waals surface area contributed by atoms with Crippen LogP contribution in [0.25, 0.3) is 6.08 Å². The number of carbonyl (C=O) groups is 1. The summed E-state index contributed by atoms with van der Waals surface area (Å²) in [5.41, 5.74) is 11.6. The molecule has 4 N–H and O–H groups in total. The second-order valence-electron chi connectivity index (χ2n) is 3.90. The van der Waals surface area contributed by atoms with Crippen LogP contribution in [-0.2, 0) is 4.79 Å². The number of carbonyl (C=O) groups excluding carboxylic acids is 1. The van der Waals surface area contributed by atoms with Crippen LogP contribution in [0.4, 0.5) is 0 Å². The SMILES string of the molecule is NCCCCCCN.O=CC=Cc1ccccc1. The molecule has 3 nitrogen and oxygen atoms in total. The fraction of sp³-hybridized carbons (Fsp3) is 0.400. The van der Waals surface area contributed by atoms with Crippen LogP contribution in [0, 0.1) is 0 Å². The van der Waals surface area contributed by atoms with Gasteiger partial charge in [0.2, 0.25) is 0 Å². The first-order valence-corrected chi connectivity index (χ1v) is 6.42. The zero-order valence-corrected chi connectivity index (χ0v) is 10.9. The summed E-state index contributed by atoms with van der Waals surface area (Å²) in [7, 11) is 0. The van der Waals surface area contributed by atoms with Crippen molar-refractivity contribution in [3.8, 4) is 0 Å². The van der Waals surface area contributed by atoms with Crippen molar-refractivity contribution in [3.05, 3.63) is 42.0 Å². The first kappa shape index (κ1) is 16.6. The van der Waals surface area contributed by atoms with E-state index in [0.29, 0.717) is 0 Å². The topological polar surface area (TPSA) is 69.1 Å². The lowest BCUT2D eigenvalue weighted by molar-refractivity contribution is -0.104. The van der Waals surface area contributed by atoms with Gasteiger partial charge in [0, 0.05) is 0 Å². The Kier molecular flexibility index (Phi) is 12.5. The van der Waals surface area contributed by atoms with Crippen LogP contribution in [0.15, 0.2) is 36.4 Å². The van der Waals surface area contributed by atoms with Crippen LogP contribution < -0.4 is 11.5 Å². The Morgan fingerprint density at radius 3 is 1.89 bits per heavy atom. The Bertz CT molecular complexity index is 304. The lowest BCUT2D eigenvalue weighted by Crippen LogP contribution is -2.00. The number of nitrogens with two attached hydrogens (primary N) is 2. The molecule has 0 aliphatic carbocycles. The first-order chi connectivity index (χ1) is 8.85. The fourth-order valence-electron chi connectivity index (χ4n) is 1.36. The molecule has 0 amide bonds. The van der Waals surface area contributed by atoms with Gasteiger partial charge >= 0.3 is 0 Å². The summed E-state index contributed by atoms with van der Waals surface area (Å²) in [4.78, 5) is 9.89. The van der Waals surface area contributed by atoms with Crippen LogP contribution in [0.5, 0.6) is 0 Å². The molecular formula is C15H24N2O. The summed E-state index contributed by atoms with van der Waals surface area (Å²) in [6.45, 7) is 1.65. The molecule has 0 unspecified atom stereocenters. The van der Waals surface area contributed by atoms with E-state index >= 15 is 0 Å². The highest BCUT2D eigenvalue weighted by Gasteiger charge is 1.83. The normalized spacial score (nSPS) is 9.89. The van der Waals surface area contributed by atoms with E-state index in [1.807, 2.05) is 30.3 Å². The number of rotatable bonds is 7. The van der Waals surface area contributed by atoms with Gasteiger partial charge in [-0.3, -0.25) is 4.79 Å². The summed E-state index contributed by atoms with van der Waals surface area (Å²) in [5.74, 6) is 0. The van der Waals surface area contributed by atoms with Gasteiger partial charge in [0.15, 0.2) is 0 Å². The third-order valence-electron chi connectivity index (χ3n) is 2.33. The maximum Gasteiger partial charge on any atom is 0.142 e. The zero-order valence-electron chi connectivity index (χ0n) is 10.9. The van der Waals surface area contributed by atoms with Gasteiger partial charge in [-0.15, -0.1) is 0 Å². The van der Waals surface area contributed by atoms with Crippen molar-refractivity contribution in [3.63, 3.8) is 0 Å². The molecule has 0 radical (unpaired) electrons. The van der Waals surface area contributed by atoms with Crippen LogP contribution in [0.3, 0.4) is 0 Å². The van der Waals surface area contributed by atoms with Crippen molar-refractivity contribution >= 4 is 12.4 Å².